The quantitative estimate of drug-likeness (QED) is 0.479. The van der Waals surface area contributed by atoms with Gasteiger partial charge in [-0.25, -0.2) is 5.10 Å². The first-order valence-corrected chi connectivity index (χ1v) is 7.91. The largest absolute Gasteiger partial charge is 0.399 e. The highest BCUT2D eigenvalue weighted by molar-refractivity contribution is 5.66. The molecule has 1 atom stereocenters. The van der Waals surface area contributed by atoms with Crippen LogP contribution in [0.3, 0.4) is 0 Å². The monoisotopic (exact) mass is 318 g/mol. The third kappa shape index (κ3) is 4.27. The molecule has 0 saturated heterocycles. The number of aromatic nitrogens is 4. The van der Waals surface area contributed by atoms with Crippen molar-refractivity contribution < 1.29 is 5.11 Å². The van der Waals surface area contributed by atoms with E-state index < -0.39 is 5.72 Å². The van der Waals surface area contributed by atoms with Crippen molar-refractivity contribution in [2.45, 2.75) is 58.2 Å². The van der Waals surface area contributed by atoms with Crippen molar-refractivity contribution in [2.75, 3.05) is 5.73 Å². The van der Waals surface area contributed by atoms with Crippen LogP contribution >= 0.6 is 0 Å². The molecular formula is C16H26N6O. The highest BCUT2D eigenvalue weighted by atomic mass is 16.3. The molecule has 1 aromatic heterocycles. The fraction of sp³-hybridized carbons (Fsp3) is 0.562. The maximum absolute atomic E-state index is 11.4. The van der Waals surface area contributed by atoms with Crippen LogP contribution in [0.4, 0.5) is 5.69 Å². The molecule has 0 aliphatic carbocycles. The second kappa shape index (κ2) is 6.64. The van der Waals surface area contributed by atoms with E-state index in [-0.39, 0.29) is 5.54 Å². The van der Waals surface area contributed by atoms with Gasteiger partial charge in [0.05, 0.1) is 0 Å². The van der Waals surface area contributed by atoms with Crippen molar-refractivity contribution >= 4 is 5.69 Å². The summed E-state index contributed by atoms with van der Waals surface area (Å²) in [6.45, 7) is 8.17. The van der Waals surface area contributed by atoms with Gasteiger partial charge in [-0.1, -0.05) is 19.4 Å². The number of hydrogen-bond donors (Lipinski definition) is 4. The molecule has 7 nitrogen and oxygen atoms in total. The van der Waals surface area contributed by atoms with E-state index in [0.29, 0.717) is 29.1 Å². The SMILES string of the molecule is CCCCC(O)(NC(C)(C)C)c1ccc(N)cc1-c1nnn[nH]1. The van der Waals surface area contributed by atoms with Crippen LogP contribution in [-0.2, 0) is 5.72 Å². The van der Waals surface area contributed by atoms with Crippen LogP contribution in [0.2, 0.25) is 0 Å². The van der Waals surface area contributed by atoms with E-state index in [9.17, 15) is 5.11 Å². The van der Waals surface area contributed by atoms with Gasteiger partial charge in [0.2, 0.25) is 0 Å². The Hall–Kier alpha value is -1.99. The number of nitrogens with one attached hydrogen (secondary N) is 2. The molecule has 126 valence electrons. The Labute approximate surface area is 136 Å². The van der Waals surface area contributed by atoms with E-state index in [1.165, 1.54) is 0 Å². The van der Waals surface area contributed by atoms with E-state index in [2.05, 4.69) is 32.9 Å². The number of anilines is 1. The standard InChI is InChI=1S/C16H26N6O/c1-5-6-9-16(23,20-15(2,3)4)13-8-7-11(17)10-12(13)14-18-21-22-19-14/h7-8,10,20,23H,5-6,9,17H2,1-4H3,(H,18,19,21,22). The van der Waals surface area contributed by atoms with Crippen molar-refractivity contribution in [3.63, 3.8) is 0 Å². The van der Waals surface area contributed by atoms with Crippen LogP contribution < -0.4 is 11.1 Å². The number of rotatable bonds is 6. The summed E-state index contributed by atoms with van der Waals surface area (Å²) >= 11 is 0. The summed E-state index contributed by atoms with van der Waals surface area (Å²) in [5.74, 6) is 0.484. The minimum Gasteiger partial charge on any atom is -0.399 e. The third-order valence-electron chi connectivity index (χ3n) is 3.56. The number of benzene rings is 1. The van der Waals surface area contributed by atoms with Gasteiger partial charge in [-0.15, -0.1) is 5.10 Å². The van der Waals surface area contributed by atoms with E-state index in [0.717, 1.165) is 12.8 Å². The fourth-order valence-electron chi connectivity index (χ4n) is 2.71. The van der Waals surface area contributed by atoms with Gasteiger partial charge in [0.25, 0.3) is 0 Å². The number of aromatic amines is 1. The summed E-state index contributed by atoms with van der Waals surface area (Å²) in [5.41, 5.74) is 6.47. The fourth-order valence-corrected chi connectivity index (χ4v) is 2.71. The van der Waals surface area contributed by atoms with Crippen molar-refractivity contribution in [2.24, 2.45) is 0 Å². The maximum Gasteiger partial charge on any atom is 0.179 e. The van der Waals surface area contributed by atoms with E-state index in [1.807, 2.05) is 26.8 Å². The highest BCUT2D eigenvalue weighted by Crippen LogP contribution is 2.34. The van der Waals surface area contributed by atoms with Crippen molar-refractivity contribution in [3.05, 3.63) is 23.8 Å². The minimum absolute atomic E-state index is 0.263. The summed E-state index contributed by atoms with van der Waals surface area (Å²) in [6.07, 6.45) is 2.46. The molecule has 0 spiro atoms. The van der Waals surface area contributed by atoms with Crippen LogP contribution in [0.5, 0.6) is 0 Å². The molecule has 0 saturated carbocycles. The number of aliphatic hydroxyl groups is 1. The van der Waals surface area contributed by atoms with Gasteiger partial charge in [0.1, 0.15) is 5.72 Å². The Morgan fingerprint density at radius 3 is 2.61 bits per heavy atom. The molecule has 0 radical (unpaired) electrons. The van der Waals surface area contributed by atoms with Crippen molar-refractivity contribution in [1.29, 1.82) is 0 Å². The Bertz CT molecular complexity index is 635. The predicted octanol–water partition coefficient (Wildman–Crippen LogP) is 2.17. The van der Waals surface area contributed by atoms with Crippen molar-refractivity contribution in [3.8, 4) is 11.4 Å². The Kier molecular flexibility index (Phi) is 5.01. The van der Waals surface area contributed by atoms with Gasteiger partial charge in [-0.05, 0) is 56.2 Å². The molecule has 2 aromatic rings. The van der Waals surface area contributed by atoms with E-state index in [4.69, 9.17) is 5.73 Å². The first-order valence-electron chi connectivity index (χ1n) is 7.91. The Balaban J connectivity index is 2.54. The van der Waals surface area contributed by atoms with Crippen LogP contribution in [0, 0.1) is 0 Å². The molecule has 23 heavy (non-hydrogen) atoms. The molecule has 2 rings (SSSR count). The van der Waals surface area contributed by atoms with Gasteiger partial charge < -0.3 is 10.8 Å². The lowest BCUT2D eigenvalue weighted by atomic mass is 9.89. The molecule has 0 fully saturated rings. The van der Waals surface area contributed by atoms with E-state index in [1.54, 1.807) is 12.1 Å². The van der Waals surface area contributed by atoms with Gasteiger partial charge in [-0.3, -0.25) is 5.32 Å². The smallest absolute Gasteiger partial charge is 0.179 e. The number of nitrogen functional groups attached to an aromatic ring is 1. The molecule has 1 unspecified atom stereocenters. The second-order valence-corrected chi connectivity index (χ2v) is 6.89. The Morgan fingerprint density at radius 1 is 1.30 bits per heavy atom. The summed E-state index contributed by atoms with van der Waals surface area (Å²) in [5, 5.41) is 28.7. The molecular weight excluding hydrogens is 292 g/mol. The summed E-state index contributed by atoms with van der Waals surface area (Å²) in [6, 6.07) is 5.39. The molecule has 0 aliphatic heterocycles. The molecule has 0 bridgehead atoms. The van der Waals surface area contributed by atoms with Crippen LogP contribution in [0.25, 0.3) is 11.4 Å². The molecule has 1 aromatic carbocycles. The molecule has 0 aliphatic rings. The zero-order valence-electron chi connectivity index (χ0n) is 14.2. The van der Waals surface area contributed by atoms with Crippen LogP contribution in [0.1, 0.15) is 52.5 Å². The number of hydrogen-bond acceptors (Lipinski definition) is 6. The van der Waals surface area contributed by atoms with Crippen molar-refractivity contribution in [1.82, 2.24) is 25.9 Å². The molecule has 5 N–H and O–H groups in total. The predicted molar refractivity (Wildman–Crippen MR) is 90.3 cm³/mol. The molecule has 7 heteroatoms. The minimum atomic E-state index is -1.19. The number of nitrogens with zero attached hydrogens (tertiary/aromatic N) is 3. The molecule has 1 heterocycles. The second-order valence-electron chi connectivity index (χ2n) is 6.89. The zero-order chi connectivity index (χ0) is 17.1. The number of tetrazole rings is 1. The lowest BCUT2D eigenvalue weighted by Gasteiger charge is -2.38. The lowest BCUT2D eigenvalue weighted by Crippen LogP contribution is -2.52. The maximum atomic E-state index is 11.4. The number of H-pyrrole nitrogens is 1. The zero-order valence-corrected chi connectivity index (χ0v) is 14.2. The molecule has 0 amide bonds. The normalized spacial score (nSPS) is 14.7. The van der Waals surface area contributed by atoms with Crippen LogP contribution in [-0.4, -0.2) is 31.3 Å². The highest BCUT2D eigenvalue weighted by Gasteiger charge is 2.35. The average Bonchev–Trinajstić information content (AvgIpc) is 2.97. The third-order valence-corrected chi connectivity index (χ3v) is 3.56. The average molecular weight is 318 g/mol. The van der Waals surface area contributed by atoms with Gasteiger partial charge in [0, 0.05) is 22.4 Å². The summed E-state index contributed by atoms with van der Waals surface area (Å²) in [4.78, 5) is 0. The summed E-state index contributed by atoms with van der Waals surface area (Å²) in [7, 11) is 0. The van der Waals surface area contributed by atoms with Crippen LogP contribution in [0.15, 0.2) is 18.2 Å². The Morgan fingerprint density at radius 2 is 2.04 bits per heavy atom. The first-order chi connectivity index (χ1) is 10.7. The van der Waals surface area contributed by atoms with Gasteiger partial charge >= 0.3 is 0 Å². The van der Waals surface area contributed by atoms with Gasteiger partial charge in [0.15, 0.2) is 5.82 Å². The number of unbranched alkanes of at least 4 members (excludes halogenated alkanes) is 1. The topological polar surface area (TPSA) is 113 Å². The number of nitrogens with two attached hydrogens (primary N) is 1. The van der Waals surface area contributed by atoms with Gasteiger partial charge in [-0.2, -0.15) is 0 Å². The summed E-state index contributed by atoms with van der Waals surface area (Å²) < 4.78 is 0. The first kappa shape index (κ1) is 17.4. The lowest BCUT2D eigenvalue weighted by molar-refractivity contribution is -0.0314. The van der Waals surface area contributed by atoms with E-state index >= 15 is 0 Å².